The lowest BCUT2D eigenvalue weighted by atomic mass is 9.43. The summed E-state index contributed by atoms with van der Waals surface area (Å²) in [5.74, 6) is 0.952. The summed E-state index contributed by atoms with van der Waals surface area (Å²) in [6, 6.07) is 10.7. The maximum atomic E-state index is 12.7. The van der Waals surface area contributed by atoms with Crippen LogP contribution in [0.15, 0.2) is 30.3 Å². The average molecular weight is 310 g/mol. The third-order valence-corrected chi connectivity index (χ3v) is 7.92. The van der Waals surface area contributed by atoms with Gasteiger partial charge < -0.3 is 9.53 Å². The Labute approximate surface area is 136 Å². The van der Waals surface area contributed by atoms with Gasteiger partial charge in [-0.3, -0.25) is 4.79 Å². The van der Waals surface area contributed by atoms with Gasteiger partial charge in [-0.25, -0.2) is 0 Å². The molecule has 6 unspecified atom stereocenters. The highest BCUT2D eigenvalue weighted by atomic mass is 16.5. The topological polar surface area (TPSA) is 43.4 Å². The van der Waals surface area contributed by atoms with Crippen molar-refractivity contribution in [3.8, 4) is 0 Å². The summed E-state index contributed by atoms with van der Waals surface area (Å²) in [6.45, 7) is 0. The standard InChI is InChI=1S/C20H22O3/c1-23-17(22)18-7-13-8-20(12-18)16(15(13)10-21)9-19(20,11-18)14-5-3-2-4-6-14/h2-6,10,13,15-16H,7-9,11-12H2,1H3. The molecule has 4 aliphatic carbocycles. The Morgan fingerprint density at radius 3 is 2.65 bits per heavy atom. The molecule has 1 spiro atoms. The molecular weight excluding hydrogens is 288 g/mol. The largest absolute Gasteiger partial charge is 0.469 e. The summed E-state index contributed by atoms with van der Waals surface area (Å²) in [5.41, 5.74) is 1.24. The summed E-state index contributed by atoms with van der Waals surface area (Å²) in [5, 5.41) is 0. The molecule has 0 amide bonds. The smallest absolute Gasteiger partial charge is 0.311 e. The van der Waals surface area contributed by atoms with Gasteiger partial charge in [-0.15, -0.1) is 0 Å². The number of carbonyl (C=O) groups excluding carboxylic acids is 2. The molecule has 23 heavy (non-hydrogen) atoms. The van der Waals surface area contributed by atoms with E-state index in [-0.39, 0.29) is 28.1 Å². The van der Waals surface area contributed by atoms with E-state index >= 15 is 0 Å². The molecule has 0 N–H and O–H groups in total. The van der Waals surface area contributed by atoms with E-state index < -0.39 is 0 Å². The molecule has 5 rings (SSSR count). The number of aldehydes is 1. The number of fused-ring (bicyclic) bond motifs is 2. The van der Waals surface area contributed by atoms with Gasteiger partial charge in [0.2, 0.25) is 0 Å². The second kappa shape index (κ2) is 4.06. The molecule has 120 valence electrons. The van der Waals surface area contributed by atoms with Crippen LogP contribution in [-0.2, 0) is 19.7 Å². The van der Waals surface area contributed by atoms with Crippen LogP contribution in [0.1, 0.15) is 37.7 Å². The Balaban J connectivity index is 1.69. The molecule has 1 aromatic carbocycles. The van der Waals surface area contributed by atoms with Gasteiger partial charge in [0.15, 0.2) is 0 Å². The molecule has 3 bridgehead atoms. The minimum absolute atomic E-state index is 0.0448. The lowest BCUT2D eigenvalue weighted by Gasteiger charge is -2.60. The van der Waals surface area contributed by atoms with E-state index in [0.29, 0.717) is 11.8 Å². The molecule has 3 heteroatoms. The summed E-state index contributed by atoms with van der Waals surface area (Å²) < 4.78 is 5.22. The van der Waals surface area contributed by atoms with Gasteiger partial charge in [0.05, 0.1) is 12.5 Å². The van der Waals surface area contributed by atoms with E-state index in [4.69, 9.17) is 4.74 Å². The van der Waals surface area contributed by atoms with Crippen LogP contribution in [0.5, 0.6) is 0 Å². The van der Waals surface area contributed by atoms with E-state index in [9.17, 15) is 9.59 Å². The molecule has 3 nitrogen and oxygen atoms in total. The first kappa shape index (κ1) is 13.8. The first-order chi connectivity index (χ1) is 11.1. The number of methoxy groups -OCH3 is 1. The lowest BCUT2D eigenvalue weighted by Crippen LogP contribution is -2.56. The van der Waals surface area contributed by atoms with Crippen molar-refractivity contribution in [2.24, 2.45) is 28.6 Å². The van der Waals surface area contributed by atoms with Crippen molar-refractivity contribution in [3.05, 3.63) is 35.9 Å². The third kappa shape index (κ3) is 1.31. The molecule has 0 aromatic heterocycles. The van der Waals surface area contributed by atoms with Crippen LogP contribution in [0.2, 0.25) is 0 Å². The van der Waals surface area contributed by atoms with Crippen LogP contribution in [0.4, 0.5) is 0 Å². The predicted molar refractivity (Wildman–Crippen MR) is 84.6 cm³/mol. The Bertz CT molecular complexity index is 698. The van der Waals surface area contributed by atoms with Crippen LogP contribution in [0.3, 0.4) is 0 Å². The molecule has 4 fully saturated rings. The van der Waals surface area contributed by atoms with E-state index in [1.54, 1.807) is 0 Å². The molecule has 0 heterocycles. The number of hydrogen-bond donors (Lipinski definition) is 0. The number of rotatable bonds is 3. The van der Waals surface area contributed by atoms with Crippen molar-refractivity contribution in [1.82, 2.24) is 0 Å². The maximum Gasteiger partial charge on any atom is 0.311 e. The maximum absolute atomic E-state index is 12.7. The predicted octanol–water partition coefficient (Wildman–Crippen LogP) is 3.12. The van der Waals surface area contributed by atoms with Gasteiger partial charge >= 0.3 is 5.97 Å². The van der Waals surface area contributed by atoms with Crippen LogP contribution in [-0.4, -0.2) is 19.4 Å². The van der Waals surface area contributed by atoms with Gasteiger partial charge in [-0.1, -0.05) is 30.3 Å². The SMILES string of the molecule is COC(=O)C12CC3CC4(C1)C(CC4(c1ccccc1)C2)C3C=O. The van der Waals surface area contributed by atoms with Crippen molar-refractivity contribution in [1.29, 1.82) is 0 Å². The highest BCUT2D eigenvalue weighted by Gasteiger charge is 2.82. The summed E-state index contributed by atoms with van der Waals surface area (Å²) in [4.78, 5) is 24.4. The van der Waals surface area contributed by atoms with Crippen LogP contribution in [0.25, 0.3) is 0 Å². The molecule has 0 aliphatic heterocycles. The Morgan fingerprint density at radius 1 is 1.17 bits per heavy atom. The molecule has 0 saturated heterocycles. The van der Waals surface area contributed by atoms with Crippen molar-refractivity contribution in [2.75, 3.05) is 7.11 Å². The third-order valence-electron chi connectivity index (χ3n) is 7.92. The molecule has 0 radical (unpaired) electrons. The average Bonchev–Trinajstić information content (AvgIpc) is 2.86. The zero-order valence-corrected chi connectivity index (χ0v) is 13.5. The minimum atomic E-state index is -0.361. The zero-order chi connectivity index (χ0) is 15.9. The summed E-state index contributed by atoms with van der Waals surface area (Å²) in [7, 11) is 1.51. The fourth-order valence-corrected chi connectivity index (χ4v) is 7.42. The van der Waals surface area contributed by atoms with Crippen molar-refractivity contribution >= 4 is 12.3 Å². The first-order valence-corrected chi connectivity index (χ1v) is 8.70. The van der Waals surface area contributed by atoms with Gasteiger partial charge in [-0.2, -0.15) is 0 Å². The fraction of sp³-hybridized carbons (Fsp3) is 0.600. The number of benzene rings is 1. The molecule has 4 aliphatic rings. The molecule has 4 saturated carbocycles. The van der Waals surface area contributed by atoms with Gasteiger partial charge in [0, 0.05) is 11.3 Å². The number of carbonyl (C=O) groups is 2. The molecule has 1 aromatic rings. The lowest BCUT2D eigenvalue weighted by molar-refractivity contribution is -0.155. The normalized spacial score (nSPS) is 48.7. The molecule has 6 atom stereocenters. The van der Waals surface area contributed by atoms with E-state index in [0.717, 1.165) is 32.1 Å². The highest BCUT2D eigenvalue weighted by Crippen LogP contribution is 2.85. The fourth-order valence-electron chi connectivity index (χ4n) is 7.42. The summed E-state index contributed by atoms with van der Waals surface area (Å²) >= 11 is 0. The van der Waals surface area contributed by atoms with Gasteiger partial charge in [0.1, 0.15) is 6.29 Å². The first-order valence-electron chi connectivity index (χ1n) is 8.70. The second-order valence-corrected chi connectivity index (χ2v) is 8.42. The number of ether oxygens (including phenoxy) is 1. The molecular formula is C20H22O3. The Kier molecular flexibility index (Phi) is 2.43. The van der Waals surface area contributed by atoms with E-state index in [2.05, 4.69) is 30.3 Å². The Hall–Kier alpha value is -1.64. The second-order valence-electron chi connectivity index (χ2n) is 8.42. The van der Waals surface area contributed by atoms with E-state index in [1.807, 2.05) is 0 Å². The van der Waals surface area contributed by atoms with Crippen LogP contribution >= 0.6 is 0 Å². The number of hydrogen-bond acceptors (Lipinski definition) is 3. The van der Waals surface area contributed by atoms with Crippen molar-refractivity contribution < 1.29 is 14.3 Å². The van der Waals surface area contributed by atoms with Crippen LogP contribution in [0, 0.1) is 28.6 Å². The zero-order valence-electron chi connectivity index (χ0n) is 13.5. The Morgan fingerprint density at radius 2 is 1.96 bits per heavy atom. The van der Waals surface area contributed by atoms with Gasteiger partial charge in [-0.05, 0) is 54.9 Å². The van der Waals surface area contributed by atoms with Crippen LogP contribution < -0.4 is 0 Å². The minimum Gasteiger partial charge on any atom is -0.469 e. The van der Waals surface area contributed by atoms with Gasteiger partial charge in [0.25, 0.3) is 0 Å². The highest BCUT2D eigenvalue weighted by molar-refractivity contribution is 5.79. The van der Waals surface area contributed by atoms with Crippen molar-refractivity contribution in [2.45, 2.75) is 37.5 Å². The number of esters is 1. The monoisotopic (exact) mass is 310 g/mol. The van der Waals surface area contributed by atoms with Crippen molar-refractivity contribution in [3.63, 3.8) is 0 Å². The van der Waals surface area contributed by atoms with E-state index in [1.165, 1.54) is 19.0 Å². The quantitative estimate of drug-likeness (QED) is 0.636. The summed E-state index contributed by atoms with van der Waals surface area (Å²) in [6.07, 6.45) is 6.05.